The van der Waals surface area contributed by atoms with Gasteiger partial charge < -0.3 is 10.5 Å². The van der Waals surface area contributed by atoms with Crippen LogP contribution in [0.5, 0.6) is 0 Å². The molecule has 0 saturated heterocycles. The van der Waals surface area contributed by atoms with Crippen molar-refractivity contribution in [2.45, 2.75) is 6.61 Å². The molecule has 0 aliphatic carbocycles. The van der Waals surface area contributed by atoms with E-state index < -0.39 is 6.09 Å². The fourth-order valence-corrected chi connectivity index (χ4v) is 1.58. The van der Waals surface area contributed by atoms with Crippen LogP contribution < -0.4 is 11.1 Å². The van der Waals surface area contributed by atoms with Crippen LogP contribution in [0.3, 0.4) is 0 Å². The van der Waals surface area contributed by atoms with Crippen molar-refractivity contribution in [2.24, 2.45) is 0 Å². The number of hydrogen-bond donors (Lipinski definition) is 2. The molecule has 2 rings (SSSR count). The molecule has 0 saturated carbocycles. The number of aromatic nitrogens is 1. The van der Waals surface area contributed by atoms with E-state index in [4.69, 9.17) is 22.1 Å². The number of rotatable bonds is 3. The predicted molar refractivity (Wildman–Crippen MR) is 73.9 cm³/mol. The summed E-state index contributed by atoms with van der Waals surface area (Å²) >= 11 is 5.66. The van der Waals surface area contributed by atoms with Gasteiger partial charge in [-0.2, -0.15) is 0 Å². The van der Waals surface area contributed by atoms with Crippen LogP contribution in [-0.4, -0.2) is 11.1 Å². The minimum atomic E-state index is -0.598. The number of nitrogens with two attached hydrogens (primary N) is 1. The number of nitrogens with one attached hydrogen (secondary N) is 1. The van der Waals surface area contributed by atoms with Crippen LogP contribution in [-0.2, 0) is 11.3 Å². The van der Waals surface area contributed by atoms with E-state index in [9.17, 15) is 4.79 Å². The van der Waals surface area contributed by atoms with Crippen molar-refractivity contribution in [1.29, 1.82) is 0 Å². The summed E-state index contributed by atoms with van der Waals surface area (Å²) < 4.78 is 5.05. The maximum atomic E-state index is 11.6. The number of anilines is 2. The zero-order valence-corrected chi connectivity index (χ0v) is 10.7. The van der Waals surface area contributed by atoms with E-state index in [1.165, 1.54) is 6.07 Å². The van der Waals surface area contributed by atoms with E-state index in [1.807, 2.05) is 30.3 Å². The highest BCUT2D eigenvalue weighted by molar-refractivity contribution is 6.29. The Hall–Kier alpha value is -2.27. The van der Waals surface area contributed by atoms with Gasteiger partial charge in [-0.1, -0.05) is 41.9 Å². The molecule has 0 aliphatic rings. The third kappa shape index (κ3) is 3.86. The van der Waals surface area contributed by atoms with Crippen LogP contribution in [0.4, 0.5) is 16.3 Å². The van der Waals surface area contributed by atoms with Crippen LogP contribution in [0.2, 0.25) is 5.15 Å². The fourth-order valence-electron chi connectivity index (χ4n) is 1.42. The van der Waals surface area contributed by atoms with Crippen LogP contribution in [0.1, 0.15) is 5.56 Å². The minimum Gasteiger partial charge on any atom is -0.444 e. The van der Waals surface area contributed by atoms with Crippen molar-refractivity contribution >= 4 is 29.2 Å². The van der Waals surface area contributed by atoms with Crippen molar-refractivity contribution < 1.29 is 9.53 Å². The minimum absolute atomic E-state index is 0.143. The molecule has 0 aliphatic heterocycles. The van der Waals surface area contributed by atoms with Crippen molar-refractivity contribution in [3.8, 4) is 0 Å². The van der Waals surface area contributed by atoms with Crippen LogP contribution in [0, 0.1) is 0 Å². The first-order valence-electron chi connectivity index (χ1n) is 5.55. The second-order valence-corrected chi connectivity index (χ2v) is 4.14. The van der Waals surface area contributed by atoms with E-state index in [0.717, 1.165) is 5.56 Å². The van der Waals surface area contributed by atoms with Gasteiger partial charge in [0, 0.05) is 0 Å². The highest BCUT2D eigenvalue weighted by atomic mass is 35.5. The number of benzene rings is 1. The lowest BCUT2D eigenvalue weighted by molar-refractivity contribution is 0.155. The van der Waals surface area contributed by atoms with Gasteiger partial charge in [-0.25, -0.2) is 9.78 Å². The number of hydrogen-bond acceptors (Lipinski definition) is 4. The third-order valence-electron chi connectivity index (χ3n) is 2.34. The molecule has 0 radical (unpaired) electrons. The van der Waals surface area contributed by atoms with Crippen molar-refractivity contribution in [1.82, 2.24) is 4.98 Å². The molecule has 1 amide bonds. The number of nitrogens with zero attached hydrogens (tertiary/aromatic N) is 1. The Morgan fingerprint density at radius 3 is 2.68 bits per heavy atom. The van der Waals surface area contributed by atoms with Crippen LogP contribution >= 0.6 is 11.6 Å². The molecule has 19 heavy (non-hydrogen) atoms. The Labute approximate surface area is 115 Å². The average Bonchev–Trinajstić information content (AvgIpc) is 2.41. The van der Waals surface area contributed by atoms with Crippen LogP contribution in [0.25, 0.3) is 0 Å². The van der Waals surface area contributed by atoms with E-state index in [1.54, 1.807) is 6.07 Å². The molecule has 3 N–H and O–H groups in total. The number of amides is 1. The highest BCUT2D eigenvalue weighted by Gasteiger charge is 2.07. The molecule has 0 atom stereocenters. The second kappa shape index (κ2) is 6.06. The summed E-state index contributed by atoms with van der Waals surface area (Å²) in [5, 5.41) is 2.76. The fraction of sp³-hybridized carbons (Fsp3) is 0.0769. The molecule has 2 aromatic rings. The maximum absolute atomic E-state index is 11.6. The van der Waals surface area contributed by atoms with Crippen molar-refractivity contribution in [2.75, 3.05) is 11.1 Å². The summed E-state index contributed by atoms with van der Waals surface area (Å²) in [5.74, 6) is 0.143. The Morgan fingerprint density at radius 1 is 1.26 bits per heavy atom. The molecule has 0 spiro atoms. The first-order chi connectivity index (χ1) is 9.15. The molecule has 98 valence electrons. The highest BCUT2D eigenvalue weighted by Crippen LogP contribution is 2.18. The zero-order valence-electron chi connectivity index (χ0n) is 9.97. The first kappa shape index (κ1) is 13.2. The summed E-state index contributed by atoms with van der Waals surface area (Å²) in [6.07, 6.45) is -0.598. The molecule has 0 unspecified atom stereocenters. The number of carbonyl (C=O) groups is 1. The molecular weight excluding hydrogens is 266 g/mol. The van der Waals surface area contributed by atoms with E-state index in [-0.39, 0.29) is 17.6 Å². The molecule has 5 nitrogen and oxygen atoms in total. The quantitative estimate of drug-likeness (QED) is 0.845. The van der Waals surface area contributed by atoms with Gasteiger partial charge in [-0.05, 0) is 17.7 Å². The molecule has 0 bridgehead atoms. The Morgan fingerprint density at radius 2 is 2.00 bits per heavy atom. The normalized spacial score (nSPS) is 9.95. The second-order valence-electron chi connectivity index (χ2n) is 3.75. The standard InChI is InChI=1S/C13H12ClN3O2/c14-11-7-6-10(12(15)17-11)16-13(18)19-8-9-4-2-1-3-5-9/h1-7H,8H2,(H2,15,17)(H,16,18). The van der Waals surface area contributed by atoms with Crippen LogP contribution in [0.15, 0.2) is 42.5 Å². The monoisotopic (exact) mass is 277 g/mol. The number of pyridine rings is 1. The van der Waals surface area contributed by atoms with Crippen molar-refractivity contribution in [3.05, 3.63) is 53.2 Å². The number of halogens is 1. The Kier molecular flexibility index (Phi) is 4.20. The third-order valence-corrected chi connectivity index (χ3v) is 2.55. The molecule has 1 aromatic carbocycles. The zero-order chi connectivity index (χ0) is 13.7. The largest absolute Gasteiger partial charge is 0.444 e. The Balaban J connectivity index is 1.91. The number of nitrogen functional groups attached to an aromatic ring is 1. The van der Waals surface area contributed by atoms with Gasteiger partial charge in [-0.3, -0.25) is 5.32 Å². The van der Waals surface area contributed by atoms with E-state index >= 15 is 0 Å². The van der Waals surface area contributed by atoms with E-state index in [0.29, 0.717) is 5.69 Å². The molecule has 6 heteroatoms. The lowest BCUT2D eigenvalue weighted by atomic mass is 10.2. The van der Waals surface area contributed by atoms with E-state index in [2.05, 4.69) is 10.3 Å². The molecule has 0 fully saturated rings. The summed E-state index contributed by atoms with van der Waals surface area (Å²) in [6, 6.07) is 12.5. The lowest BCUT2D eigenvalue weighted by Crippen LogP contribution is -2.15. The average molecular weight is 278 g/mol. The molecule has 1 aromatic heterocycles. The van der Waals surface area contributed by atoms with Crippen molar-refractivity contribution in [3.63, 3.8) is 0 Å². The van der Waals surface area contributed by atoms with Gasteiger partial charge in [0.05, 0.1) is 5.69 Å². The SMILES string of the molecule is Nc1nc(Cl)ccc1NC(=O)OCc1ccccc1. The molecular formula is C13H12ClN3O2. The van der Waals surface area contributed by atoms with Gasteiger partial charge in [-0.15, -0.1) is 0 Å². The molecule has 1 heterocycles. The first-order valence-corrected chi connectivity index (χ1v) is 5.92. The number of ether oxygens (including phenoxy) is 1. The maximum Gasteiger partial charge on any atom is 0.412 e. The van der Waals surface area contributed by atoms with Gasteiger partial charge in [0.15, 0.2) is 0 Å². The summed E-state index contributed by atoms with van der Waals surface area (Å²) in [4.78, 5) is 15.4. The predicted octanol–water partition coefficient (Wildman–Crippen LogP) is 3.07. The van der Waals surface area contributed by atoms with Gasteiger partial charge >= 0.3 is 6.09 Å². The number of carbonyl (C=O) groups excluding carboxylic acids is 1. The summed E-state index contributed by atoms with van der Waals surface area (Å²) in [7, 11) is 0. The van der Waals surface area contributed by atoms with Gasteiger partial charge in [0.2, 0.25) is 0 Å². The summed E-state index contributed by atoms with van der Waals surface area (Å²) in [5.41, 5.74) is 6.88. The Bertz CT molecular complexity index is 575. The van der Waals surface area contributed by atoms with Gasteiger partial charge in [0.25, 0.3) is 0 Å². The summed E-state index contributed by atoms with van der Waals surface area (Å²) in [6.45, 7) is 0.188. The smallest absolute Gasteiger partial charge is 0.412 e. The topological polar surface area (TPSA) is 77.2 Å². The van der Waals surface area contributed by atoms with Gasteiger partial charge in [0.1, 0.15) is 17.6 Å². The lowest BCUT2D eigenvalue weighted by Gasteiger charge is -2.08.